The molecule has 0 saturated heterocycles. The molecule has 0 spiro atoms. The van der Waals surface area contributed by atoms with Gasteiger partial charge < -0.3 is 25.0 Å². The average Bonchev–Trinajstić information content (AvgIpc) is 2.84. The van der Waals surface area contributed by atoms with Gasteiger partial charge in [0, 0.05) is 32.3 Å². The number of allylic oxidation sites excluding steroid dienone is 2. The number of fused-ring (bicyclic) bond motifs is 1. The van der Waals surface area contributed by atoms with Crippen LogP contribution in [0.5, 0.6) is 5.88 Å². The van der Waals surface area contributed by atoms with Gasteiger partial charge in [-0.15, -0.1) is 0 Å². The number of carbonyl (C=O) groups excluding carboxylic acids is 2. The minimum atomic E-state index is -0.352. The van der Waals surface area contributed by atoms with E-state index >= 15 is 0 Å². The van der Waals surface area contributed by atoms with Crippen LogP contribution in [0.25, 0.3) is 5.57 Å². The zero-order chi connectivity index (χ0) is 24.0. The fourth-order valence-corrected chi connectivity index (χ4v) is 4.32. The maximum absolute atomic E-state index is 13.5. The van der Waals surface area contributed by atoms with Gasteiger partial charge >= 0.3 is 6.03 Å². The highest BCUT2D eigenvalue weighted by Crippen LogP contribution is 2.32. The van der Waals surface area contributed by atoms with Gasteiger partial charge in [0.2, 0.25) is 5.88 Å². The minimum absolute atomic E-state index is 0.0694. The summed E-state index contributed by atoms with van der Waals surface area (Å²) in [4.78, 5) is 33.8. The first-order valence-corrected chi connectivity index (χ1v) is 12.1. The summed E-state index contributed by atoms with van der Waals surface area (Å²) in [5.74, 6) is 0.0333. The molecule has 3 amide bonds. The summed E-state index contributed by atoms with van der Waals surface area (Å²) in [6, 6.07) is 1.39. The van der Waals surface area contributed by atoms with Gasteiger partial charge in [-0.3, -0.25) is 4.79 Å². The number of ether oxygens (including phenoxy) is 1. The molecule has 0 unspecified atom stereocenters. The Labute approximate surface area is 197 Å². The average molecular weight is 459 g/mol. The Bertz CT molecular complexity index is 872. The van der Waals surface area contributed by atoms with E-state index in [0.717, 1.165) is 31.2 Å². The van der Waals surface area contributed by atoms with Crippen LogP contribution < -0.4 is 10.1 Å². The van der Waals surface area contributed by atoms with Crippen molar-refractivity contribution in [1.82, 2.24) is 20.1 Å². The van der Waals surface area contributed by atoms with E-state index in [2.05, 4.69) is 16.4 Å². The highest BCUT2D eigenvalue weighted by molar-refractivity contribution is 5.97. The summed E-state index contributed by atoms with van der Waals surface area (Å²) in [6.45, 7) is 7.11. The zero-order valence-electron chi connectivity index (χ0n) is 20.3. The molecule has 8 heteroatoms. The first-order chi connectivity index (χ1) is 15.8. The molecule has 3 atom stereocenters. The third kappa shape index (κ3) is 6.05. The van der Waals surface area contributed by atoms with Crippen molar-refractivity contribution in [2.45, 2.75) is 65.0 Å². The van der Waals surface area contributed by atoms with Gasteiger partial charge in [-0.1, -0.05) is 19.9 Å². The van der Waals surface area contributed by atoms with E-state index in [-0.39, 0.29) is 42.5 Å². The van der Waals surface area contributed by atoms with Crippen molar-refractivity contribution in [3.05, 3.63) is 29.5 Å². The normalized spacial score (nSPS) is 21.8. The lowest BCUT2D eigenvalue weighted by Gasteiger charge is -2.37. The molecule has 182 valence electrons. The fourth-order valence-electron chi connectivity index (χ4n) is 4.32. The Kier molecular flexibility index (Phi) is 8.72. The van der Waals surface area contributed by atoms with E-state index in [0.29, 0.717) is 25.2 Å². The first-order valence-electron chi connectivity index (χ1n) is 12.1. The molecule has 0 radical (unpaired) electrons. The van der Waals surface area contributed by atoms with Crippen LogP contribution in [0.4, 0.5) is 4.79 Å². The number of aromatic nitrogens is 1. The molecule has 1 aromatic rings. The van der Waals surface area contributed by atoms with Crippen molar-refractivity contribution in [1.29, 1.82) is 0 Å². The number of aliphatic hydroxyl groups is 1. The number of amides is 3. The Morgan fingerprint density at radius 2 is 2.21 bits per heavy atom. The third-order valence-electron chi connectivity index (χ3n) is 6.51. The molecule has 0 fully saturated rings. The van der Waals surface area contributed by atoms with Crippen LogP contribution >= 0.6 is 0 Å². The quantitative estimate of drug-likeness (QED) is 0.654. The summed E-state index contributed by atoms with van der Waals surface area (Å²) in [7, 11) is 1.74. The van der Waals surface area contributed by atoms with Crippen molar-refractivity contribution < 1.29 is 19.4 Å². The number of carbonyl (C=O) groups is 2. The van der Waals surface area contributed by atoms with Gasteiger partial charge in [0.25, 0.3) is 5.91 Å². The molecule has 2 aliphatic rings. The maximum Gasteiger partial charge on any atom is 0.317 e. The molecule has 0 aromatic carbocycles. The van der Waals surface area contributed by atoms with Crippen LogP contribution in [-0.2, 0) is 0 Å². The maximum atomic E-state index is 13.5. The van der Waals surface area contributed by atoms with E-state index in [1.807, 2.05) is 26.8 Å². The molecule has 0 bridgehead atoms. The number of nitrogens with zero attached hydrogens (tertiary/aromatic N) is 3. The van der Waals surface area contributed by atoms with Gasteiger partial charge in [-0.25, -0.2) is 9.78 Å². The summed E-state index contributed by atoms with van der Waals surface area (Å²) < 4.78 is 6.29. The van der Waals surface area contributed by atoms with Crippen molar-refractivity contribution in [3.63, 3.8) is 0 Å². The van der Waals surface area contributed by atoms with Gasteiger partial charge in [0.15, 0.2) is 0 Å². The van der Waals surface area contributed by atoms with Crippen LogP contribution in [0.3, 0.4) is 0 Å². The van der Waals surface area contributed by atoms with E-state index in [9.17, 15) is 14.7 Å². The Morgan fingerprint density at radius 3 is 2.88 bits per heavy atom. The highest BCUT2D eigenvalue weighted by Gasteiger charge is 2.34. The molecule has 1 aliphatic heterocycles. The van der Waals surface area contributed by atoms with E-state index < -0.39 is 0 Å². The molecule has 2 heterocycles. The number of hydrogen-bond donors (Lipinski definition) is 2. The second kappa shape index (κ2) is 11.5. The smallest absolute Gasteiger partial charge is 0.317 e. The minimum Gasteiger partial charge on any atom is -0.472 e. The highest BCUT2D eigenvalue weighted by atomic mass is 16.5. The molecule has 2 N–H and O–H groups in total. The molecule has 0 saturated carbocycles. The number of hydrogen-bond acceptors (Lipinski definition) is 5. The Hall–Kier alpha value is -2.61. The monoisotopic (exact) mass is 458 g/mol. The molecule has 3 rings (SSSR count). The Balaban J connectivity index is 1.93. The standard InChI is InChI=1S/C25H38N4O4/c1-5-11-26-25(32)28(4)15-22-17(2)14-29(18(3)16-30)24(31)21-12-20(13-27-23(21)33-22)19-9-7-6-8-10-19/h9,12-13,17-18,22,30H,5-8,10-11,14-16H2,1-4H3,(H,26,32)/t17-,18+,22-/m0/s1. The predicted octanol–water partition coefficient (Wildman–Crippen LogP) is 3.31. The van der Waals surface area contributed by atoms with Crippen LogP contribution in [0.15, 0.2) is 18.3 Å². The van der Waals surface area contributed by atoms with E-state index in [4.69, 9.17) is 4.74 Å². The molecule has 1 aliphatic carbocycles. The lowest BCUT2D eigenvalue weighted by Crippen LogP contribution is -2.51. The number of nitrogens with one attached hydrogen (secondary N) is 1. The molecular weight excluding hydrogens is 420 g/mol. The van der Waals surface area contributed by atoms with Gasteiger partial charge in [-0.05, 0) is 56.2 Å². The number of likely N-dealkylation sites (N-methyl/N-ethyl adjacent to an activating group) is 1. The zero-order valence-corrected chi connectivity index (χ0v) is 20.3. The molecule has 8 nitrogen and oxygen atoms in total. The number of urea groups is 1. The van der Waals surface area contributed by atoms with Crippen LogP contribution in [-0.4, -0.2) is 77.3 Å². The summed E-state index contributed by atoms with van der Waals surface area (Å²) in [5, 5.41) is 12.7. The topological polar surface area (TPSA) is 95.0 Å². The second-order valence-electron chi connectivity index (χ2n) is 9.29. The van der Waals surface area contributed by atoms with Crippen molar-refractivity contribution in [3.8, 4) is 5.88 Å². The Morgan fingerprint density at radius 1 is 1.42 bits per heavy atom. The summed E-state index contributed by atoms with van der Waals surface area (Å²) in [6.07, 6.45) is 8.85. The summed E-state index contributed by atoms with van der Waals surface area (Å²) >= 11 is 0. The molecule has 33 heavy (non-hydrogen) atoms. The van der Waals surface area contributed by atoms with Gasteiger partial charge in [-0.2, -0.15) is 0 Å². The summed E-state index contributed by atoms with van der Waals surface area (Å²) in [5.41, 5.74) is 2.57. The van der Waals surface area contributed by atoms with Crippen LogP contribution in [0, 0.1) is 5.92 Å². The number of rotatable bonds is 7. The molecular formula is C25H38N4O4. The fraction of sp³-hybridized carbons (Fsp3) is 0.640. The van der Waals surface area contributed by atoms with Gasteiger partial charge in [0.05, 0.1) is 19.2 Å². The van der Waals surface area contributed by atoms with Crippen molar-refractivity contribution >= 4 is 17.5 Å². The van der Waals surface area contributed by atoms with Crippen molar-refractivity contribution in [2.24, 2.45) is 5.92 Å². The van der Waals surface area contributed by atoms with E-state index in [1.165, 1.54) is 12.0 Å². The van der Waals surface area contributed by atoms with Crippen LogP contribution in [0.2, 0.25) is 0 Å². The SMILES string of the molecule is CCCNC(=O)N(C)C[C@@H]1Oc2ncc(C3=CCCCC3)cc2C(=O)N([C@H](C)CO)C[C@@H]1C. The second-order valence-corrected chi connectivity index (χ2v) is 9.29. The van der Waals surface area contributed by atoms with Crippen LogP contribution in [0.1, 0.15) is 68.8 Å². The lowest BCUT2D eigenvalue weighted by atomic mass is 9.93. The van der Waals surface area contributed by atoms with E-state index in [1.54, 1.807) is 23.0 Å². The first kappa shape index (κ1) is 25.0. The van der Waals surface area contributed by atoms with Crippen molar-refractivity contribution in [2.75, 3.05) is 33.3 Å². The third-order valence-corrected chi connectivity index (χ3v) is 6.51. The number of pyridine rings is 1. The van der Waals surface area contributed by atoms with Gasteiger partial charge in [0.1, 0.15) is 11.7 Å². The number of aliphatic hydroxyl groups excluding tert-OH is 1. The lowest BCUT2D eigenvalue weighted by molar-refractivity contribution is 0.0352. The molecule has 1 aromatic heterocycles. The largest absolute Gasteiger partial charge is 0.472 e. The predicted molar refractivity (Wildman–Crippen MR) is 128 cm³/mol.